The summed E-state index contributed by atoms with van der Waals surface area (Å²) in [6.45, 7) is 4.05. The zero-order valence-corrected chi connectivity index (χ0v) is 17.6. The number of carbonyl (C=O) groups excluding carboxylic acids is 1. The minimum absolute atomic E-state index is 0.0430. The predicted molar refractivity (Wildman–Crippen MR) is 116 cm³/mol. The zero-order chi connectivity index (χ0) is 21.9. The Hall–Kier alpha value is -3.19. The van der Waals surface area contributed by atoms with Crippen molar-refractivity contribution in [2.45, 2.75) is 26.4 Å². The van der Waals surface area contributed by atoms with E-state index < -0.39 is 0 Å². The average molecular weight is 426 g/mol. The van der Waals surface area contributed by atoms with Crippen molar-refractivity contribution >= 4 is 11.6 Å². The number of carbonyl (C=O) groups is 1. The van der Waals surface area contributed by atoms with E-state index in [1.54, 1.807) is 24.3 Å². The molecule has 2 aromatic rings. The lowest BCUT2D eigenvalue weighted by molar-refractivity contribution is -0.122. The van der Waals surface area contributed by atoms with E-state index in [4.69, 9.17) is 14.3 Å². The molecule has 31 heavy (non-hydrogen) atoms. The van der Waals surface area contributed by atoms with Crippen LogP contribution in [0.2, 0.25) is 0 Å². The van der Waals surface area contributed by atoms with Gasteiger partial charge in [-0.25, -0.2) is 4.39 Å². The Morgan fingerprint density at radius 2 is 1.94 bits per heavy atom. The molecule has 1 aliphatic heterocycles. The van der Waals surface area contributed by atoms with Gasteiger partial charge in [-0.15, -0.1) is 0 Å². The summed E-state index contributed by atoms with van der Waals surface area (Å²) in [5.74, 6) is 0.159. The van der Waals surface area contributed by atoms with Crippen LogP contribution in [-0.4, -0.2) is 38.0 Å². The number of rotatable bonds is 10. The van der Waals surface area contributed by atoms with E-state index in [0.29, 0.717) is 31.9 Å². The second-order valence-electron chi connectivity index (χ2n) is 7.07. The zero-order valence-electron chi connectivity index (χ0n) is 17.6. The number of hydrogen-bond donors (Lipinski definition) is 1. The first kappa shape index (κ1) is 22.5. The standard InChI is InChI=1S/C24H27FN2O4/c1-2-23(27-31-16-19-3-7-21(25)8-4-19)20-5-9-22(10-6-20)30-17-24(28)26-15-18-11-13-29-14-12-18/h3-11H,2,12-17H2,1H3,(H,26,28). The third-order valence-corrected chi connectivity index (χ3v) is 4.78. The van der Waals surface area contributed by atoms with Crippen LogP contribution in [0.15, 0.2) is 65.3 Å². The maximum atomic E-state index is 13.0. The second-order valence-corrected chi connectivity index (χ2v) is 7.07. The topological polar surface area (TPSA) is 69.2 Å². The molecule has 1 heterocycles. The van der Waals surface area contributed by atoms with Crippen molar-refractivity contribution < 1.29 is 23.5 Å². The molecule has 0 bridgehead atoms. The summed E-state index contributed by atoms with van der Waals surface area (Å²) in [5, 5.41) is 7.06. The highest BCUT2D eigenvalue weighted by Gasteiger charge is 2.08. The van der Waals surface area contributed by atoms with Gasteiger partial charge < -0.3 is 19.6 Å². The molecule has 0 aromatic heterocycles. The van der Waals surface area contributed by atoms with E-state index in [-0.39, 0.29) is 24.9 Å². The van der Waals surface area contributed by atoms with Crippen LogP contribution in [0.4, 0.5) is 4.39 Å². The Bertz CT molecular complexity index is 908. The van der Waals surface area contributed by atoms with Crippen molar-refractivity contribution in [3.05, 3.63) is 77.1 Å². The van der Waals surface area contributed by atoms with Crippen LogP contribution in [0.25, 0.3) is 0 Å². The first-order chi connectivity index (χ1) is 15.1. The normalized spacial score (nSPS) is 14.0. The van der Waals surface area contributed by atoms with Crippen LogP contribution < -0.4 is 10.1 Å². The highest BCUT2D eigenvalue weighted by Crippen LogP contribution is 2.15. The Balaban J connectivity index is 1.45. The molecule has 3 rings (SSSR count). The van der Waals surface area contributed by atoms with Crippen LogP contribution in [-0.2, 0) is 21.0 Å². The van der Waals surface area contributed by atoms with Gasteiger partial charge in [-0.3, -0.25) is 4.79 Å². The fraction of sp³-hybridized carbons (Fsp3) is 0.333. The minimum Gasteiger partial charge on any atom is -0.484 e. The Morgan fingerprint density at radius 1 is 1.16 bits per heavy atom. The number of oxime groups is 1. The van der Waals surface area contributed by atoms with Crippen molar-refractivity contribution in [3.8, 4) is 5.75 Å². The summed E-state index contributed by atoms with van der Waals surface area (Å²) in [4.78, 5) is 17.4. The van der Waals surface area contributed by atoms with E-state index in [9.17, 15) is 9.18 Å². The highest BCUT2D eigenvalue weighted by atomic mass is 19.1. The number of hydrogen-bond acceptors (Lipinski definition) is 5. The molecule has 0 saturated heterocycles. The fourth-order valence-corrected chi connectivity index (χ4v) is 2.97. The van der Waals surface area contributed by atoms with Crippen LogP contribution in [0, 0.1) is 5.82 Å². The highest BCUT2D eigenvalue weighted by molar-refractivity contribution is 6.00. The summed E-state index contributed by atoms with van der Waals surface area (Å²) in [6, 6.07) is 13.5. The molecule has 2 aromatic carbocycles. The molecule has 164 valence electrons. The maximum absolute atomic E-state index is 13.0. The van der Waals surface area contributed by atoms with E-state index in [1.165, 1.54) is 17.7 Å². The summed E-state index contributed by atoms with van der Waals surface area (Å²) in [5.41, 5.74) is 3.72. The lowest BCUT2D eigenvalue weighted by Crippen LogP contribution is -2.31. The number of nitrogens with one attached hydrogen (secondary N) is 1. The maximum Gasteiger partial charge on any atom is 0.258 e. The quantitative estimate of drug-likeness (QED) is 0.354. The lowest BCUT2D eigenvalue weighted by atomic mass is 10.1. The molecule has 0 fully saturated rings. The largest absolute Gasteiger partial charge is 0.484 e. The molecule has 0 unspecified atom stereocenters. The van der Waals surface area contributed by atoms with Gasteiger partial charge in [0.05, 0.1) is 18.9 Å². The Morgan fingerprint density at radius 3 is 2.61 bits per heavy atom. The molecule has 6 nitrogen and oxygen atoms in total. The molecule has 1 amide bonds. The van der Waals surface area contributed by atoms with Crippen LogP contribution in [0.1, 0.15) is 30.9 Å². The van der Waals surface area contributed by atoms with Gasteiger partial charge >= 0.3 is 0 Å². The average Bonchev–Trinajstić information content (AvgIpc) is 2.81. The Kier molecular flexibility index (Phi) is 8.60. The summed E-state index contributed by atoms with van der Waals surface area (Å²) >= 11 is 0. The summed E-state index contributed by atoms with van der Waals surface area (Å²) in [7, 11) is 0. The molecule has 0 saturated carbocycles. The molecular formula is C24H27FN2O4. The first-order valence-corrected chi connectivity index (χ1v) is 10.3. The molecule has 7 heteroatoms. The monoisotopic (exact) mass is 426 g/mol. The van der Waals surface area contributed by atoms with E-state index >= 15 is 0 Å². The first-order valence-electron chi connectivity index (χ1n) is 10.3. The molecular weight excluding hydrogens is 399 g/mol. The van der Waals surface area contributed by atoms with Gasteiger partial charge in [0.1, 0.15) is 18.2 Å². The van der Waals surface area contributed by atoms with Crippen LogP contribution in [0.5, 0.6) is 5.75 Å². The number of halogens is 1. The SMILES string of the molecule is CCC(=NOCc1ccc(F)cc1)c1ccc(OCC(=O)NCC2=CCOCC2)cc1. The van der Waals surface area contributed by atoms with Crippen molar-refractivity contribution in [1.29, 1.82) is 0 Å². The van der Waals surface area contributed by atoms with Gasteiger partial charge in [-0.1, -0.05) is 35.9 Å². The molecule has 0 atom stereocenters. The van der Waals surface area contributed by atoms with Crippen molar-refractivity contribution in [2.24, 2.45) is 5.16 Å². The van der Waals surface area contributed by atoms with E-state index in [1.807, 2.05) is 25.1 Å². The molecule has 1 aliphatic rings. The minimum atomic E-state index is -0.280. The molecule has 0 spiro atoms. The smallest absolute Gasteiger partial charge is 0.258 e. The lowest BCUT2D eigenvalue weighted by Gasteiger charge is -2.14. The molecule has 1 N–H and O–H groups in total. The van der Waals surface area contributed by atoms with E-state index in [0.717, 1.165) is 23.3 Å². The van der Waals surface area contributed by atoms with Crippen molar-refractivity contribution in [1.82, 2.24) is 5.32 Å². The van der Waals surface area contributed by atoms with Crippen molar-refractivity contribution in [2.75, 3.05) is 26.4 Å². The third kappa shape index (κ3) is 7.53. The van der Waals surface area contributed by atoms with Gasteiger partial charge in [0.2, 0.25) is 0 Å². The molecule has 0 radical (unpaired) electrons. The van der Waals surface area contributed by atoms with Crippen LogP contribution in [0.3, 0.4) is 0 Å². The number of benzene rings is 2. The number of nitrogens with zero attached hydrogens (tertiary/aromatic N) is 1. The predicted octanol–water partition coefficient (Wildman–Crippen LogP) is 4.00. The summed E-state index contributed by atoms with van der Waals surface area (Å²) in [6.07, 6.45) is 3.53. The van der Waals surface area contributed by atoms with Gasteiger partial charge in [-0.05, 0) is 60.4 Å². The van der Waals surface area contributed by atoms with Crippen molar-refractivity contribution in [3.63, 3.8) is 0 Å². The fourth-order valence-electron chi connectivity index (χ4n) is 2.97. The number of amides is 1. The Labute approximate surface area is 181 Å². The van der Waals surface area contributed by atoms with E-state index in [2.05, 4.69) is 10.5 Å². The third-order valence-electron chi connectivity index (χ3n) is 4.78. The van der Waals surface area contributed by atoms with Crippen LogP contribution >= 0.6 is 0 Å². The van der Waals surface area contributed by atoms with Gasteiger partial charge in [-0.2, -0.15) is 0 Å². The van der Waals surface area contributed by atoms with Gasteiger partial charge in [0.25, 0.3) is 5.91 Å². The van der Waals surface area contributed by atoms with Gasteiger partial charge in [0, 0.05) is 6.54 Å². The molecule has 0 aliphatic carbocycles. The van der Waals surface area contributed by atoms with Gasteiger partial charge in [0.15, 0.2) is 6.61 Å². The summed E-state index contributed by atoms with van der Waals surface area (Å²) < 4.78 is 23.8. The second kappa shape index (κ2) is 11.9. The number of ether oxygens (including phenoxy) is 2.